The zero-order valence-electron chi connectivity index (χ0n) is 16.5. The monoisotopic (exact) mass is 348 g/mol. The molecule has 0 atom stereocenters. The molecule has 0 bridgehead atoms. The van der Waals surface area contributed by atoms with Crippen LogP contribution in [-0.4, -0.2) is 11.1 Å². The topological polar surface area (TPSA) is 37.3 Å². The average molecular weight is 349 g/mol. The molecule has 0 spiro atoms. The maximum atomic E-state index is 10.3. The van der Waals surface area contributed by atoms with Crippen molar-refractivity contribution in [3.8, 4) is 0 Å². The van der Waals surface area contributed by atoms with E-state index in [0.29, 0.717) is 6.42 Å². The zero-order valence-corrected chi connectivity index (χ0v) is 16.5. The molecule has 0 aromatic heterocycles. The lowest BCUT2D eigenvalue weighted by molar-refractivity contribution is -0.136. The van der Waals surface area contributed by atoms with Crippen LogP contribution in [0.2, 0.25) is 0 Å². The number of hydrogen-bond acceptors (Lipinski definition) is 1. The van der Waals surface area contributed by atoms with E-state index >= 15 is 0 Å². The van der Waals surface area contributed by atoms with Gasteiger partial charge in [0.05, 0.1) is 0 Å². The molecule has 25 heavy (non-hydrogen) atoms. The predicted molar refractivity (Wildman–Crippen MR) is 109 cm³/mol. The van der Waals surface area contributed by atoms with Gasteiger partial charge in [0.2, 0.25) is 0 Å². The summed E-state index contributed by atoms with van der Waals surface area (Å²) < 4.78 is 0. The molecule has 0 fully saturated rings. The second kappa shape index (κ2) is 20.8. The second-order valence-corrected chi connectivity index (χ2v) is 6.89. The van der Waals surface area contributed by atoms with Gasteiger partial charge >= 0.3 is 5.97 Å². The van der Waals surface area contributed by atoms with Gasteiger partial charge in [0.1, 0.15) is 0 Å². The Bertz CT molecular complexity index is 376. The lowest BCUT2D eigenvalue weighted by Crippen LogP contribution is -1.91. The van der Waals surface area contributed by atoms with E-state index in [9.17, 15) is 4.79 Å². The molecule has 0 heterocycles. The molecule has 0 aliphatic heterocycles. The quantitative estimate of drug-likeness (QED) is 0.157. The van der Waals surface area contributed by atoms with Crippen LogP contribution in [0.1, 0.15) is 110 Å². The summed E-state index contributed by atoms with van der Waals surface area (Å²) in [6.45, 7) is 2.28. The SMILES string of the molecule is CCCCCCCCCCCCCCC=CCC=C=CCCC(=O)O. The molecule has 2 heteroatoms. The highest BCUT2D eigenvalue weighted by Crippen LogP contribution is 2.12. The van der Waals surface area contributed by atoms with Crippen molar-refractivity contribution in [2.24, 2.45) is 0 Å². The second-order valence-electron chi connectivity index (χ2n) is 6.89. The van der Waals surface area contributed by atoms with Gasteiger partial charge in [-0.25, -0.2) is 0 Å². The Labute approximate surface area is 156 Å². The molecule has 2 nitrogen and oxygen atoms in total. The standard InChI is InChI=1S/C23H40O2/c1-2-3-4-5-6-7-8-9-10-11-12-13-14-15-16-17-18-19-20-21-22-23(24)25/h15-16,18,20H,2-14,17,21-22H2,1H3,(H,24,25). The fourth-order valence-corrected chi connectivity index (χ4v) is 2.82. The third kappa shape index (κ3) is 22.7. The van der Waals surface area contributed by atoms with Crippen molar-refractivity contribution in [2.75, 3.05) is 0 Å². The third-order valence-corrected chi connectivity index (χ3v) is 4.38. The van der Waals surface area contributed by atoms with Crippen molar-refractivity contribution in [1.82, 2.24) is 0 Å². The highest BCUT2D eigenvalue weighted by atomic mass is 16.4. The van der Waals surface area contributed by atoms with Gasteiger partial charge in [-0.2, -0.15) is 0 Å². The Kier molecular flexibility index (Phi) is 19.7. The van der Waals surface area contributed by atoms with Crippen molar-refractivity contribution in [1.29, 1.82) is 0 Å². The van der Waals surface area contributed by atoms with E-state index in [2.05, 4.69) is 24.8 Å². The fraction of sp³-hybridized carbons (Fsp3) is 0.739. The maximum Gasteiger partial charge on any atom is 0.303 e. The van der Waals surface area contributed by atoms with Gasteiger partial charge in [-0.1, -0.05) is 89.7 Å². The maximum absolute atomic E-state index is 10.3. The molecule has 0 saturated carbocycles. The number of aliphatic carboxylic acids is 1. The van der Waals surface area contributed by atoms with Crippen LogP contribution in [-0.2, 0) is 4.79 Å². The Morgan fingerprint density at radius 2 is 1.32 bits per heavy atom. The average Bonchev–Trinajstić information content (AvgIpc) is 2.60. The summed E-state index contributed by atoms with van der Waals surface area (Å²) in [7, 11) is 0. The van der Waals surface area contributed by atoms with Gasteiger partial charge in [0.25, 0.3) is 0 Å². The molecule has 0 radical (unpaired) electrons. The first kappa shape index (κ1) is 23.7. The highest BCUT2D eigenvalue weighted by Gasteiger charge is 1.93. The van der Waals surface area contributed by atoms with E-state index in [1.807, 2.05) is 6.08 Å². The van der Waals surface area contributed by atoms with Crippen LogP contribution in [0.3, 0.4) is 0 Å². The molecule has 0 unspecified atom stereocenters. The number of unbranched alkanes of at least 4 members (excludes halogenated alkanes) is 12. The molecule has 0 aromatic rings. The molecule has 0 amide bonds. The lowest BCUT2D eigenvalue weighted by atomic mass is 10.0. The van der Waals surface area contributed by atoms with Crippen LogP contribution in [0.15, 0.2) is 30.0 Å². The summed E-state index contributed by atoms with van der Waals surface area (Å²) in [6.07, 6.45) is 27.8. The summed E-state index contributed by atoms with van der Waals surface area (Å²) >= 11 is 0. The molecule has 0 aliphatic carbocycles. The van der Waals surface area contributed by atoms with Crippen LogP contribution >= 0.6 is 0 Å². The van der Waals surface area contributed by atoms with Gasteiger partial charge in [0, 0.05) is 6.42 Å². The Balaban J connectivity index is 3.22. The van der Waals surface area contributed by atoms with Crippen molar-refractivity contribution in [3.63, 3.8) is 0 Å². The fourth-order valence-electron chi connectivity index (χ4n) is 2.82. The van der Waals surface area contributed by atoms with Crippen LogP contribution in [0.25, 0.3) is 0 Å². The van der Waals surface area contributed by atoms with Gasteiger partial charge in [-0.3, -0.25) is 4.79 Å². The van der Waals surface area contributed by atoms with Gasteiger partial charge in [0.15, 0.2) is 0 Å². The Hall–Kier alpha value is -1.27. The minimum atomic E-state index is -0.750. The van der Waals surface area contributed by atoms with E-state index in [0.717, 1.165) is 6.42 Å². The van der Waals surface area contributed by atoms with Crippen molar-refractivity contribution in [3.05, 3.63) is 30.0 Å². The van der Waals surface area contributed by atoms with Crippen molar-refractivity contribution < 1.29 is 9.90 Å². The zero-order chi connectivity index (χ0) is 18.4. The molecule has 0 rings (SSSR count). The van der Waals surface area contributed by atoms with Crippen LogP contribution in [0.4, 0.5) is 0 Å². The Morgan fingerprint density at radius 1 is 0.760 bits per heavy atom. The van der Waals surface area contributed by atoms with Gasteiger partial charge in [-0.05, 0) is 37.8 Å². The van der Waals surface area contributed by atoms with Crippen LogP contribution in [0.5, 0.6) is 0 Å². The molecule has 0 aromatic carbocycles. The van der Waals surface area contributed by atoms with E-state index in [1.165, 1.54) is 83.5 Å². The summed E-state index contributed by atoms with van der Waals surface area (Å²) in [5.74, 6) is -0.750. The first-order chi connectivity index (χ1) is 12.3. The van der Waals surface area contributed by atoms with E-state index < -0.39 is 5.97 Å². The minimum absolute atomic E-state index is 0.190. The Morgan fingerprint density at radius 3 is 1.88 bits per heavy atom. The first-order valence-corrected chi connectivity index (χ1v) is 10.5. The summed E-state index contributed by atoms with van der Waals surface area (Å²) in [6, 6.07) is 0. The highest BCUT2D eigenvalue weighted by molar-refractivity contribution is 5.66. The molecular weight excluding hydrogens is 308 g/mol. The summed E-state index contributed by atoms with van der Waals surface area (Å²) in [5, 5.41) is 8.50. The van der Waals surface area contributed by atoms with Crippen LogP contribution < -0.4 is 0 Å². The molecular formula is C23H40O2. The number of allylic oxidation sites excluding steroid dienone is 3. The predicted octanol–water partition coefficient (Wildman–Crippen LogP) is 7.60. The third-order valence-electron chi connectivity index (χ3n) is 4.38. The van der Waals surface area contributed by atoms with Gasteiger partial charge < -0.3 is 5.11 Å². The normalized spacial score (nSPS) is 10.8. The summed E-state index contributed by atoms with van der Waals surface area (Å²) in [4.78, 5) is 10.3. The largest absolute Gasteiger partial charge is 0.481 e. The molecule has 0 saturated heterocycles. The summed E-state index contributed by atoms with van der Waals surface area (Å²) in [5.41, 5.74) is 3.03. The molecule has 0 aliphatic rings. The van der Waals surface area contributed by atoms with E-state index in [-0.39, 0.29) is 6.42 Å². The van der Waals surface area contributed by atoms with Gasteiger partial charge in [-0.15, -0.1) is 5.73 Å². The number of carboxylic acid groups (broad SMARTS) is 1. The number of carboxylic acids is 1. The van der Waals surface area contributed by atoms with Crippen molar-refractivity contribution in [2.45, 2.75) is 110 Å². The van der Waals surface area contributed by atoms with E-state index in [1.54, 1.807) is 6.08 Å². The number of rotatable bonds is 18. The smallest absolute Gasteiger partial charge is 0.303 e. The lowest BCUT2D eigenvalue weighted by Gasteiger charge is -2.02. The number of hydrogen-bond donors (Lipinski definition) is 1. The molecule has 144 valence electrons. The first-order valence-electron chi connectivity index (χ1n) is 10.5. The van der Waals surface area contributed by atoms with Crippen LogP contribution in [0, 0.1) is 0 Å². The van der Waals surface area contributed by atoms with Crippen molar-refractivity contribution >= 4 is 5.97 Å². The van der Waals surface area contributed by atoms with E-state index in [4.69, 9.17) is 5.11 Å². The number of carbonyl (C=O) groups is 1. The minimum Gasteiger partial charge on any atom is -0.481 e. The molecule has 1 N–H and O–H groups in total.